The van der Waals surface area contributed by atoms with Crippen molar-refractivity contribution in [3.8, 4) is 5.75 Å². The summed E-state index contributed by atoms with van der Waals surface area (Å²) in [5, 5.41) is 18.2. The molecule has 0 saturated heterocycles. The molecule has 0 aliphatic heterocycles. The molecule has 1 aromatic carbocycles. The Hall–Kier alpha value is -1.07. The number of hydrogen-bond donors (Lipinski definition) is 3. The van der Waals surface area contributed by atoms with Gasteiger partial charge >= 0.3 is 5.97 Å². The second-order valence-corrected chi connectivity index (χ2v) is 4.22. The standard InChI is InChI=1S/C10H12BrNO3/c1-5-7(11)2-6(4-9(5)13)3-8(12)10(14)15/h2,4,8,13H,3,12H2,1H3,(H,14,15). The van der Waals surface area contributed by atoms with Gasteiger partial charge in [-0.15, -0.1) is 0 Å². The van der Waals surface area contributed by atoms with Crippen molar-refractivity contribution in [1.29, 1.82) is 0 Å². The summed E-state index contributed by atoms with van der Waals surface area (Å²) in [6.07, 6.45) is 0.196. The molecule has 1 rings (SSSR count). The Morgan fingerprint density at radius 3 is 2.67 bits per heavy atom. The summed E-state index contributed by atoms with van der Waals surface area (Å²) in [5.41, 5.74) is 6.81. The van der Waals surface area contributed by atoms with Gasteiger partial charge in [-0.2, -0.15) is 0 Å². The predicted molar refractivity (Wildman–Crippen MR) is 59.9 cm³/mol. The minimum Gasteiger partial charge on any atom is -0.508 e. The highest BCUT2D eigenvalue weighted by Gasteiger charge is 2.13. The van der Waals surface area contributed by atoms with E-state index in [0.29, 0.717) is 5.56 Å². The number of phenolic OH excluding ortho intramolecular Hbond substituents is 1. The van der Waals surface area contributed by atoms with Gasteiger partial charge in [0.1, 0.15) is 11.8 Å². The molecule has 0 aliphatic carbocycles. The molecule has 5 heteroatoms. The molecule has 0 aromatic heterocycles. The quantitative estimate of drug-likeness (QED) is 0.778. The molecule has 1 unspecified atom stereocenters. The van der Waals surface area contributed by atoms with E-state index in [-0.39, 0.29) is 12.2 Å². The van der Waals surface area contributed by atoms with Crippen molar-refractivity contribution in [3.63, 3.8) is 0 Å². The maximum atomic E-state index is 10.5. The molecule has 1 aromatic rings. The summed E-state index contributed by atoms with van der Waals surface area (Å²) in [6.45, 7) is 1.76. The smallest absolute Gasteiger partial charge is 0.320 e. The summed E-state index contributed by atoms with van der Waals surface area (Å²) in [7, 11) is 0. The zero-order valence-corrected chi connectivity index (χ0v) is 9.78. The lowest BCUT2D eigenvalue weighted by molar-refractivity contribution is -0.138. The van der Waals surface area contributed by atoms with E-state index in [2.05, 4.69) is 15.9 Å². The number of aromatic hydroxyl groups is 1. The van der Waals surface area contributed by atoms with Gasteiger partial charge in [-0.1, -0.05) is 15.9 Å². The van der Waals surface area contributed by atoms with Crippen LogP contribution >= 0.6 is 15.9 Å². The number of halogens is 1. The van der Waals surface area contributed by atoms with Crippen LogP contribution in [0.15, 0.2) is 16.6 Å². The van der Waals surface area contributed by atoms with Crippen LogP contribution in [0.4, 0.5) is 0 Å². The highest BCUT2D eigenvalue weighted by Crippen LogP contribution is 2.27. The van der Waals surface area contributed by atoms with E-state index >= 15 is 0 Å². The Kier molecular flexibility index (Phi) is 3.71. The van der Waals surface area contributed by atoms with Gasteiger partial charge in [0.2, 0.25) is 0 Å². The average molecular weight is 274 g/mol. The van der Waals surface area contributed by atoms with Gasteiger partial charge in [0.05, 0.1) is 0 Å². The maximum Gasteiger partial charge on any atom is 0.320 e. The van der Waals surface area contributed by atoms with Crippen molar-refractivity contribution in [3.05, 3.63) is 27.7 Å². The molecule has 0 aliphatic rings. The molecular formula is C10H12BrNO3. The molecule has 15 heavy (non-hydrogen) atoms. The summed E-state index contributed by atoms with van der Waals surface area (Å²) in [5.74, 6) is -0.914. The van der Waals surface area contributed by atoms with Crippen molar-refractivity contribution in [1.82, 2.24) is 0 Å². The van der Waals surface area contributed by atoms with E-state index in [1.165, 1.54) is 6.07 Å². The lowest BCUT2D eigenvalue weighted by Crippen LogP contribution is -2.32. The molecule has 1 atom stereocenters. The van der Waals surface area contributed by atoms with Gasteiger partial charge in [0, 0.05) is 10.0 Å². The Balaban J connectivity index is 2.92. The fourth-order valence-electron chi connectivity index (χ4n) is 1.18. The number of rotatable bonds is 3. The Labute approximate surface area is 95.8 Å². The molecule has 82 valence electrons. The molecule has 0 fully saturated rings. The molecule has 0 bridgehead atoms. The zero-order valence-electron chi connectivity index (χ0n) is 8.20. The van der Waals surface area contributed by atoms with Crippen molar-refractivity contribution < 1.29 is 15.0 Å². The third kappa shape index (κ3) is 2.94. The van der Waals surface area contributed by atoms with Crippen LogP contribution in [0.25, 0.3) is 0 Å². The van der Waals surface area contributed by atoms with E-state index in [1.807, 2.05) is 0 Å². The Bertz CT molecular complexity index is 369. The predicted octanol–water partition coefficient (Wildman–Crippen LogP) is 1.42. The van der Waals surface area contributed by atoms with Crippen LogP contribution in [0.5, 0.6) is 5.75 Å². The first-order valence-electron chi connectivity index (χ1n) is 4.38. The van der Waals surface area contributed by atoms with Crippen LogP contribution in [-0.4, -0.2) is 22.2 Å². The number of carbonyl (C=O) groups is 1. The first-order valence-corrected chi connectivity index (χ1v) is 5.17. The van der Waals surface area contributed by atoms with Crippen LogP contribution in [0.1, 0.15) is 11.1 Å². The van der Waals surface area contributed by atoms with E-state index in [4.69, 9.17) is 10.8 Å². The molecule has 4 N–H and O–H groups in total. The Morgan fingerprint density at radius 1 is 1.60 bits per heavy atom. The fourth-order valence-corrected chi connectivity index (χ4v) is 1.68. The van der Waals surface area contributed by atoms with E-state index in [0.717, 1.165) is 10.0 Å². The number of benzene rings is 1. The first kappa shape index (κ1) is 12.0. The van der Waals surface area contributed by atoms with Gasteiger partial charge in [0.15, 0.2) is 0 Å². The summed E-state index contributed by atoms with van der Waals surface area (Å²) in [4.78, 5) is 10.5. The highest BCUT2D eigenvalue weighted by atomic mass is 79.9. The minimum absolute atomic E-state index is 0.136. The van der Waals surface area contributed by atoms with E-state index < -0.39 is 12.0 Å². The minimum atomic E-state index is -1.05. The molecule has 0 heterocycles. The molecule has 0 amide bonds. The van der Waals surface area contributed by atoms with Crippen molar-refractivity contribution in [2.24, 2.45) is 5.73 Å². The van der Waals surface area contributed by atoms with Gasteiger partial charge in [0.25, 0.3) is 0 Å². The maximum absolute atomic E-state index is 10.5. The summed E-state index contributed by atoms with van der Waals surface area (Å²) >= 11 is 3.28. The largest absolute Gasteiger partial charge is 0.508 e. The van der Waals surface area contributed by atoms with Crippen LogP contribution in [0, 0.1) is 6.92 Å². The van der Waals surface area contributed by atoms with Crippen molar-refractivity contribution >= 4 is 21.9 Å². The third-order valence-electron chi connectivity index (χ3n) is 2.15. The van der Waals surface area contributed by atoms with Gasteiger partial charge in [-0.3, -0.25) is 4.79 Å². The number of phenols is 1. The first-order chi connectivity index (χ1) is 6.91. The van der Waals surface area contributed by atoms with Crippen molar-refractivity contribution in [2.45, 2.75) is 19.4 Å². The normalized spacial score (nSPS) is 12.5. The third-order valence-corrected chi connectivity index (χ3v) is 2.97. The number of nitrogens with two attached hydrogens (primary N) is 1. The lowest BCUT2D eigenvalue weighted by Gasteiger charge is -2.09. The van der Waals surface area contributed by atoms with E-state index in [1.54, 1.807) is 13.0 Å². The van der Waals surface area contributed by atoms with Gasteiger partial charge in [-0.05, 0) is 31.0 Å². The number of carboxylic acids is 1. The highest BCUT2D eigenvalue weighted by molar-refractivity contribution is 9.10. The second-order valence-electron chi connectivity index (χ2n) is 3.37. The molecular weight excluding hydrogens is 262 g/mol. The topological polar surface area (TPSA) is 83.5 Å². The number of aliphatic carboxylic acids is 1. The van der Waals surface area contributed by atoms with Gasteiger partial charge < -0.3 is 15.9 Å². The van der Waals surface area contributed by atoms with Crippen LogP contribution in [0.2, 0.25) is 0 Å². The average Bonchev–Trinajstić information content (AvgIpc) is 2.13. The summed E-state index contributed by atoms with van der Waals surface area (Å²) in [6, 6.07) is 2.35. The molecule has 0 radical (unpaired) electrons. The number of hydrogen-bond acceptors (Lipinski definition) is 3. The van der Waals surface area contributed by atoms with E-state index in [9.17, 15) is 9.90 Å². The van der Waals surface area contributed by atoms with Crippen LogP contribution in [-0.2, 0) is 11.2 Å². The molecule has 0 saturated carbocycles. The van der Waals surface area contributed by atoms with Crippen LogP contribution < -0.4 is 5.73 Å². The SMILES string of the molecule is Cc1c(O)cc(CC(N)C(=O)O)cc1Br. The molecule has 4 nitrogen and oxygen atoms in total. The summed E-state index contributed by atoms with van der Waals surface area (Å²) < 4.78 is 0.745. The monoisotopic (exact) mass is 273 g/mol. The van der Waals surface area contributed by atoms with Crippen molar-refractivity contribution in [2.75, 3.05) is 0 Å². The van der Waals surface area contributed by atoms with Gasteiger partial charge in [-0.25, -0.2) is 0 Å². The Morgan fingerprint density at radius 2 is 2.20 bits per heavy atom. The fraction of sp³-hybridized carbons (Fsp3) is 0.300. The second kappa shape index (κ2) is 4.63. The molecule has 0 spiro atoms. The zero-order chi connectivity index (χ0) is 11.6. The number of carboxylic acid groups (broad SMARTS) is 1. The lowest BCUT2D eigenvalue weighted by atomic mass is 10.0. The van der Waals surface area contributed by atoms with Crippen LogP contribution in [0.3, 0.4) is 0 Å².